The van der Waals surface area contributed by atoms with Gasteiger partial charge in [-0.1, -0.05) is 0 Å². The molecule has 1 aromatic heterocycles. The maximum absolute atomic E-state index is 12.1. The van der Waals surface area contributed by atoms with Crippen LogP contribution >= 0.6 is 28.1 Å². The Labute approximate surface area is 91.0 Å². The van der Waals surface area contributed by atoms with Crippen molar-refractivity contribution in [3.05, 3.63) is 22.4 Å². The summed E-state index contributed by atoms with van der Waals surface area (Å²) in [5.41, 5.74) is -0.763. The second-order valence-corrected chi connectivity index (χ2v) is 3.14. The predicted octanol–water partition coefficient (Wildman–Crippen LogP) is 3.60. The van der Waals surface area contributed by atoms with Crippen LogP contribution in [0.25, 0.3) is 0 Å². The molecule has 1 rings (SSSR count). The molecule has 0 aliphatic rings. The van der Waals surface area contributed by atoms with E-state index in [0.717, 1.165) is 6.07 Å². The molecule has 0 unspecified atom stereocenters. The summed E-state index contributed by atoms with van der Waals surface area (Å²) >= 11 is 7.16. The van der Waals surface area contributed by atoms with Gasteiger partial charge in [-0.3, -0.25) is 0 Å². The minimum Gasteiger partial charge on any atom is -0.234 e. The molecule has 0 N–H and O–H groups in total. The van der Waals surface area contributed by atoms with Gasteiger partial charge in [-0.2, -0.15) is 18.2 Å². The highest BCUT2D eigenvalue weighted by Gasteiger charge is 2.32. The fraction of sp³-hybridized carbons (Fsp3) is 0.143. The van der Waals surface area contributed by atoms with Crippen LogP contribution in [0.5, 0.6) is 0 Å². The standard InChI is InChI=1S/C7H2BrF3N2S/c8-6-4(12-3-14)1-2-5(13-6)7(9,10)11/h1-2H. The van der Waals surface area contributed by atoms with Gasteiger partial charge >= 0.3 is 6.18 Å². The molecule has 0 spiro atoms. The number of aromatic nitrogens is 1. The highest BCUT2D eigenvalue weighted by molar-refractivity contribution is 9.10. The Morgan fingerprint density at radius 3 is 2.50 bits per heavy atom. The summed E-state index contributed by atoms with van der Waals surface area (Å²) in [5, 5.41) is 2.04. The van der Waals surface area contributed by atoms with Crippen LogP contribution in [0.3, 0.4) is 0 Å². The van der Waals surface area contributed by atoms with E-state index in [1.807, 2.05) is 5.16 Å². The quantitative estimate of drug-likeness (QED) is 0.447. The number of halogens is 4. The van der Waals surface area contributed by atoms with E-state index in [1.165, 1.54) is 6.07 Å². The zero-order valence-electron chi connectivity index (χ0n) is 6.47. The Bertz CT molecular complexity index is 398. The van der Waals surface area contributed by atoms with Crippen molar-refractivity contribution in [1.82, 2.24) is 4.98 Å². The van der Waals surface area contributed by atoms with Crippen LogP contribution in [0.15, 0.2) is 21.7 Å². The summed E-state index contributed by atoms with van der Waals surface area (Å²) in [5.74, 6) is 0. The van der Waals surface area contributed by atoms with Crippen molar-refractivity contribution in [2.24, 2.45) is 4.99 Å². The number of thiocarbonyl (C=S) groups is 1. The maximum atomic E-state index is 12.1. The topological polar surface area (TPSA) is 25.2 Å². The first kappa shape index (κ1) is 11.3. The van der Waals surface area contributed by atoms with Crippen molar-refractivity contribution in [3.63, 3.8) is 0 Å². The van der Waals surface area contributed by atoms with Gasteiger partial charge in [0.25, 0.3) is 0 Å². The van der Waals surface area contributed by atoms with E-state index in [1.54, 1.807) is 0 Å². The first-order chi connectivity index (χ1) is 6.45. The third kappa shape index (κ3) is 2.60. The third-order valence-corrected chi connectivity index (χ3v) is 1.96. The van der Waals surface area contributed by atoms with Crippen LogP contribution in [0.1, 0.15) is 5.69 Å². The van der Waals surface area contributed by atoms with Gasteiger partial charge in [-0.15, -0.1) is 0 Å². The van der Waals surface area contributed by atoms with E-state index in [2.05, 4.69) is 38.1 Å². The molecular weight excluding hydrogens is 281 g/mol. The van der Waals surface area contributed by atoms with E-state index in [0.29, 0.717) is 0 Å². The largest absolute Gasteiger partial charge is 0.433 e. The molecule has 0 fully saturated rings. The average molecular weight is 283 g/mol. The molecule has 0 atom stereocenters. The number of hydrogen-bond donors (Lipinski definition) is 0. The summed E-state index contributed by atoms with van der Waals surface area (Å²) in [6.07, 6.45) is -4.46. The molecule has 0 amide bonds. The number of aliphatic imine (C=N–C) groups is 1. The van der Waals surface area contributed by atoms with Crippen LogP contribution in [0.4, 0.5) is 18.9 Å². The second kappa shape index (κ2) is 4.16. The van der Waals surface area contributed by atoms with Crippen molar-refractivity contribution in [2.75, 3.05) is 0 Å². The van der Waals surface area contributed by atoms with Gasteiger partial charge in [0, 0.05) is 0 Å². The zero-order valence-corrected chi connectivity index (χ0v) is 8.87. The van der Waals surface area contributed by atoms with Crippen LogP contribution in [0.2, 0.25) is 0 Å². The first-order valence-electron chi connectivity index (χ1n) is 3.27. The molecule has 1 heterocycles. The molecule has 0 aromatic carbocycles. The minimum absolute atomic E-state index is 0.00956. The van der Waals surface area contributed by atoms with E-state index < -0.39 is 11.9 Å². The lowest BCUT2D eigenvalue weighted by Gasteiger charge is -2.05. The van der Waals surface area contributed by atoms with Crippen molar-refractivity contribution in [1.29, 1.82) is 0 Å². The highest BCUT2D eigenvalue weighted by atomic mass is 79.9. The van der Waals surface area contributed by atoms with Gasteiger partial charge in [0.05, 0.1) is 5.16 Å². The molecule has 0 aliphatic heterocycles. The van der Waals surface area contributed by atoms with Crippen molar-refractivity contribution in [2.45, 2.75) is 6.18 Å². The van der Waals surface area contributed by atoms with Crippen LogP contribution in [-0.4, -0.2) is 10.1 Å². The first-order valence-corrected chi connectivity index (χ1v) is 4.47. The van der Waals surface area contributed by atoms with Crippen molar-refractivity contribution < 1.29 is 13.2 Å². The van der Waals surface area contributed by atoms with Crippen molar-refractivity contribution >= 4 is 39.0 Å². The molecule has 0 aliphatic carbocycles. The van der Waals surface area contributed by atoms with E-state index in [9.17, 15) is 13.2 Å². The number of rotatable bonds is 1. The van der Waals surface area contributed by atoms with Gasteiger partial charge < -0.3 is 0 Å². The lowest BCUT2D eigenvalue weighted by molar-refractivity contribution is -0.141. The monoisotopic (exact) mass is 282 g/mol. The average Bonchev–Trinajstić information content (AvgIpc) is 2.07. The van der Waals surface area contributed by atoms with Crippen molar-refractivity contribution in [3.8, 4) is 0 Å². The minimum atomic E-state index is -4.46. The molecule has 74 valence electrons. The smallest absolute Gasteiger partial charge is 0.234 e. The molecule has 1 aromatic rings. The zero-order chi connectivity index (χ0) is 10.8. The third-order valence-electron chi connectivity index (χ3n) is 1.29. The second-order valence-electron chi connectivity index (χ2n) is 2.21. The number of isothiocyanates is 1. The van der Waals surface area contributed by atoms with Crippen LogP contribution in [-0.2, 0) is 6.18 Å². The van der Waals surface area contributed by atoms with E-state index in [-0.39, 0.29) is 10.3 Å². The number of nitrogens with zero attached hydrogens (tertiary/aromatic N) is 2. The molecule has 14 heavy (non-hydrogen) atoms. The summed E-state index contributed by atoms with van der Waals surface area (Å²) < 4.78 is 36.4. The number of hydrogen-bond acceptors (Lipinski definition) is 3. The Hall–Kier alpha value is -0.780. The Balaban J connectivity index is 3.19. The van der Waals surface area contributed by atoms with Gasteiger partial charge in [-0.05, 0) is 40.3 Å². The Morgan fingerprint density at radius 2 is 2.07 bits per heavy atom. The fourth-order valence-corrected chi connectivity index (χ4v) is 1.23. The Morgan fingerprint density at radius 1 is 1.43 bits per heavy atom. The molecule has 0 bridgehead atoms. The number of alkyl halides is 3. The highest BCUT2D eigenvalue weighted by Crippen LogP contribution is 2.31. The summed E-state index contributed by atoms with van der Waals surface area (Å²) in [6.45, 7) is 0. The van der Waals surface area contributed by atoms with Crippen LogP contribution < -0.4 is 0 Å². The summed E-state index contributed by atoms with van der Waals surface area (Å²) in [7, 11) is 0. The maximum Gasteiger partial charge on any atom is 0.433 e. The van der Waals surface area contributed by atoms with Gasteiger partial charge in [0.15, 0.2) is 0 Å². The van der Waals surface area contributed by atoms with Gasteiger partial charge in [0.1, 0.15) is 16.0 Å². The molecule has 0 radical (unpaired) electrons. The molecule has 0 saturated heterocycles. The van der Waals surface area contributed by atoms with Gasteiger partial charge in [-0.25, -0.2) is 4.98 Å². The summed E-state index contributed by atoms with van der Waals surface area (Å²) in [4.78, 5) is 6.79. The van der Waals surface area contributed by atoms with E-state index in [4.69, 9.17) is 0 Å². The fourth-order valence-electron chi connectivity index (χ4n) is 0.717. The molecular formula is C7H2BrF3N2S. The van der Waals surface area contributed by atoms with Crippen LogP contribution in [0, 0.1) is 0 Å². The summed E-state index contributed by atoms with van der Waals surface area (Å²) in [6, 6.07) is 2.00. The predicted molar refractivity (Wildman–Crippen MR) is 51.6 cm³/mol. The normalized spacial score (nSPS) is 10.9. The lowest BCUT2D eigenvalue weighted by atomic mass is 10.3. The van der Waals surface area contributed by atoms with Gasteiger partial charge in [0.2, 0.25) is 0 Å². The molecule has 2 nitrogen and oxygen atoms in total. The van der Waals surface area contributed by atoms with E-state index >= 15 is 0 Å². The lowest BCUT2D eigenvalue weighted by Crippen LogP contribution is -2.07. The molecule has 7 heteroatoms. The Kier molecular flexibility index (Phi) is 3.36. The number of pyridine rings is 1. The molecule has 0 saturated carbocycles. The SMILES string of the molecule is FC(F)(F)c1ccc(N=C=S)c(Br)n1.